The first-order valence-corrected chi connectivity index (χ1v) is 6.58. The summed E-state index contributed by atoms with van der Waals surface area (Å²) >= 11 is 0. The Kier molecular flexibility index (Phi) is 6.26. The molecule has 1 atom stereocenters. The van der Waals surface area contributed by atoms with E-state index in [1.54, 1.807) is 0 Å². The van der Waals surface area contributed by atoms with Crippen LogP contribution in [0.4, 0.5) is 5.69 Å². The smallest absolute Gasteiger partial charge is 0.306 e. The van der Waals surface area contributed by atoms with Gasteiger partial charge < -0.3 is 10.1 Å². The number of benzene rings is 1. The van der Waals surface area contributed by atoms with Crippen LogP contribution in [0.3, 0.4) is 0 Å². The first-order valence-electron chi connectivity index (χ1n) is 6.58. The molecule has 0 heterocycles. The molecule has 3 heteroatoms. The summed E-state index contributed by atoms with van der Waals surface area (Å²) in [6.45, 7) is 6.82. The number of rotatable bonds is 7. The minimum atomic E-state index is -0.105. The Labute approximate surface area is 110 Å². The Morgan fingerprint density at radius 2 is 1.89 bits per heavy atom. The summed E-state index contributed by atoms with van der Waals surface area (Å²) in [7, 11) is 0. The van der Waals surface area contributed by atoms with Crippen molar-refractivity contribution in [2.45, 2.75) is 39.7 Å². The maximum atomic E-state index is 11.5. The molecule has 0 aliphatic carbocycles. The molecule has 0 aliphatic heterocycles. The number of ether oxygens (including phenoxy) is 1. The summed E-state index contributed by atoms with van der Waals surface area (Å²) < 4.78 is 5.30. The largest absolute Gasteiger partial charge is 0.462 e. The van der Waals surface area contributed by atoms with Crippen molar-refractivity contribution < 1.29 is 9.53 Å². The van der Waals surface area contributed by atoms with Gasteiger partial charge in [-0.2, -0.15) is 0 Å². The molecular weight excluding hydrogens is 226 g/mol. The Balaban J connectivity index is 2.13. The molecule has 0 fully saturated rings. The molecule has 0 saturated heterocycles. The highest BCUT2D eigenvalue weighted by atomic mass is 16.5. The summed E-state index contributed by atoms with van der Waals surface area (Å²) in [5.41, 5.74) is 1.08. The lowest BCUT2D eigenvalue weighted by Crippen LogP contribution is -2.20. The molecule has 1 aromatic rings. The van der Waals surface area contributed by atoms with Gasteiger partial charge in [0.1, 0.15) is 6.10 Å². The molecule has 1 unspecified atom stereocenters. The van der Waals surface area contributed by atoms with E-state index in [2.05, 4.69) is 19.2 Å². The molecule has 0 saturated carbocycles. The molecule has 0 bridgehead atoms. The highest BCUT2D eigenvalue weighted by Crippen LogP contribution is 2.08. The van der Waals surface area contributed by atoms with Gasteiger partial charge in [0, 0.05) is 18.7 Å². The molecule has 100 valence electrons. The number of para-hydroxylation sites is 1. The van der Waals surface area contributed by atoms with Crippen molar-refractivity contribution in [3.8, 4) is 0 Å². The first kappa shape index (κ1) is 14.6. The van der Waals surface area contributed by atoms with E-state index >= 15 is 0 Å². The molecule has 0 amide bonds. The third kappa shape index (κ3) is 5.71. The van der Waals surface area contributed by atoms with Crippen LogP contribution >= 0.6 is 0 Å². The van der Waals surface area contributed by atoms with E-state index in [1.807, 2.05) is 37.3 Å². The summed E-state index contributed by atoms with van der Waals surface area (Å²) in [5, 5.41) is 3.27. The number of nitrogens with one attached hydrogen (secondary N) is 1. The zero-order valence-corrected chi connectivity index (χ0v) is 11.5. The molecule has 0 aromatic heterocycles. The van der Waals surface area contributed by atoms with Crippen molar-refractivity contribution in [2.75, 3.05) is 11.9 Å². The average molecular weight is 249 g/mol. The second-order valence-electron chi connectivity index (χ2n) is 4.84. The topological polar surface area (TPSA) is 38.3 Å². The van der Waals surface area contributed by atoms with Gasteiger partial charge in [-0.25, -0.2) is 0 Å². The maximum absolute atomic E-state index is 11.5. The highest BCUT2D eigenvalue weighted by Gasteiger charge is 2.12. The fourth-order valence-electron chi connectivity index (χ4n) is 1.42. The van der Waals surface area contributed by atoms with Gasteiger partial charge in [0.25, 0.3) is 0 Å². The minimum Gasteiger partial charge on any atom is -0.462 e. The van der Waals surface area contributed by atoms with Gasteiger partial charge in [-0.15, -0.1) is 0 Å². The van der Waals surface area contributed by atoms with Crippen LogP contribution in [0.5, 0.6) is 0 Å². The molecule has 0 spiro atoms. The van der Waals surface area contributed by atoms with Crippen LogP contribution in [0.1, 0.15) is 33.6 Å². The summed E-state index contributed by atoms with van der Waals surface area (Å²) in [6.07, 6.45) is 1.26. The van der Waals surface area contributed by atoms with Crippen molar-refractivity contribution in [2.24, 2.45) is 5.92 Å². The normalized spacial score (nSPS) is 12.2. The third-order valence-electron chi connectivity index (χ3n) is 2.92. The van der Waals surface area contributed by atoms with Gasteiger partial charge >= 0.3 is 5.97 Å². The van der Waals surface area contributed by atoms with Crippen molar-refractivity contribution in [3.05, 3.63) is 30.3 Å². The Bertz CT molecular complexity index is 349. The zero-order chi connectivity index (χ0) is 13.4. The number of hydrogen-bond donors (Lipinski definition) is 1. The number of esters is 1. The van der Waals surface area contributed by atoms with Crippen molar-refractivity contribution in [3.63, 3.8) is 0 Å². The van der Waals surface area contributed by atoms with Crippen molar-refractivity contribution >= 4 is 11.7 Å². The van der Waals surface area contributed by atoms with Crippen LogP contribution in [0.25, 0.3) is 0 Å². The van der Waals surface area contributed by atoms with E-state index in [9.17, 15) is 4.79 Å². The lowest BCUT2D eigenvalue weighted by atomic mass is 10.1. The van der Waals surface area contributed by atoms with Crippen LogP contribution in [-0.2, 0) is 9.53 Å². The quantitative estimate of drug-likeness (QED) is 0.594. The fraction of sp³-hybridized carbons (Fsp3) is 0.533. The Morgan fingerprint density at radius 3 is 2.50 bits per heavy atom. The summed E-state index contributed by atoms with van der Waals surface area (Å²) in [6, 6.07) is 9.98. The van der Waals surface area contributed by atoms with E-state index in [-0.39, 0.29) is 12.1 Å². The van der Waals surface area contributed by atoms with E-state index < -0.39 is 0 Å². The van der Waals surface area contributed by atoms with Crippen LogP contribution in [0.2, 0.25) is 0 Å². The second-order valence-corrected chi connectivity index (χ2v) is 4.84. The number of anilines is 1. The Hall–Kier alpha value is -1.51. The molecule has 1 rings (SSSR count). The predicted octanol–water partition coefficient (Wildman–Crippen LogP) is 3.47. The maximum Gasteiger partial charge on any atom is 0.306 e. The first-order chi connectivity index (χ1) is 8.59. The summed E-state index contributed by atoms with van der Waals surface area (Å²) in [5.74, 6) is 0.266. The Morgan fingerprint density at radius 1 is 1.22 bits per heavy atom. The zero-order valence-electron chi connectivity index (χ0n) is 11.5. The third-order valence-corrected chi connectivity index (χ3v) is 2.92. The SMILES string of the molecule is CC(C)C(C)OC(=O)CCCNc1ccccc1. The van der Waals surface area contributed by atoms with Crippen molar-refractivity contribution in [1.82, 2.24) is 0 Å². The van der Waals surface area contributed by atoms with Gasteiger partial charge in [-0.1, -0.05) is 32.0 Å². The lowest BCUT2D eigenvalue weighted by molar-refractivity contribution is -0.150. The van der Waals surface area contributed by atoms with Crippen LogP contribution in [-0.4, -0.2) is 18.6 Å². The van der Waals surface area contributed by atoms with Gasteiger partial charge in [-0.05, 0) is 31.4 Å². The fourth-order valence-corrected chi connectivity index (χ4v) is 1.42. The summed E-state index contributed by atoms with van der Waals surface area (Å²) in [4.78, 5) is 11.5. The van der Waals surface area contributed by atoms with Crippen molar-refractivity contribution in [1.29, 1.82) is 0 Å². The van der Waals surface area contributed by atoms with E-state index in [1.165, 1.54) is 0 Å². The predicted molar refractivity (Wildman–Crippen MR) is 74.6 cm³/mol. The molecule has 1 N–H and O–H groups in total. The number of carbonyl (C=O) groups is 1. The number of carbonyl (C=O) groups excluding carboxylic acids is 1. The van der Waals surface area contributed by atoms with Gasteiger partial charge in [0.15, 0.2) is 0 Å². The van der Waals surface area contributed by atoms with E-state index in [4.69, 9.17) is 4.74 Å². The average Bonchev–Trinajstić information content (AvgIpc) is 2.35. The number of hydrogen-bond acceptors (Lipinski definition) is 3. The van der Waals surface area contributed by atoms with Crippen LogP contribution < -0.4 is 5.32 Å². The second kappa shape index (κ2) is 7.75. The van der Waals surface area contributed by atoms with Gasteiger partial charge in [-0.3, -0.25) is 4.79 Å². The monoisotopic (exact) mass is 249 g/mol. The molecule has 18 heavy (non-hydrogen) atoms. The highest BCUT2D eigenvalue weighted by molar-refractivity contribution is 5.69. The van der Waals surface area contributed by atoms with E-state index in [0.29, 0.717) is 12.3 Å². The molecule has 3 nitrogen and oxygen atoms in total. The molecule has 0 radical (unpaired) electrons. The van der Waals surface area contributed by atoms with Gasteiger partial charge in [0.05, 0.1) is 0 Å². The van der Waals surface area contributed by atoms with E-state index in [0.717, 1.165) is 18.7 Å². The lowest BCUT2D eigenvalue weighted by Gasteiger charge is -2.16. The van der Waals surface area contributed by atoms with Crippen LogP contribution in [0.15, 0.2) is 30.3 Å². The van der Waals surface area contributed by atoms with Crippen LogP contribution in [0, 0.1) is 5.92 Å². The molecular formula is C15H23NO2. The minimum absolute atomic E-state index is 0.000387. The standard InChI is InChI=1S/C15H23NO2/c1-12(2)13(3)18-15(17)10-7-11-16-14-8-5-4-6-9-14/h4-6,8-9,12-13,16H,7,10-11H2,1-3H3. The van der Waals surface area contributed by atoms with Gasteiger partial charge in [0.2, 0.25) is 0 Å². The molecule has 1 aromatic carbocycles. The molecule has 0 aliphatic rings.